The largest absolute Gasteiger partial charge is 0.494 e. The van der Waals surface area contributed by atoms with Crippen LogP contribution in [0.25, 0.3) is 10.8 Å². The fraction of sp³-hybridized carbons (Fsp3) is 0.542. The zero-order valence-electron chi connectivity index (χ0n) is 17.2. The van der Waals surface area contributed by atoms with E-state index in [-0.39, 0.29) is 12.0 Å². The molecule has 2 aromatic rings. The van der Waals surface area contributed by atoms with Crippen molar-refractivity contribution in [1.82, 2.24) is 9.80 Å². The Kier molecular flexibility index (Phi) is 6.67. The van der Waals surface area contributed by atoms with Gasteiger partial charge in [0.2, 0.25) is 0 Å². The molecular formula is C24H32N2O3. The molecule has 2 aliphatic rings. The number of piperidine rings is 2. The number of aliphatic hydroxyl groups is 1. The molecule has 156 valence electrons. The van der Waals surface area contributed by atoms with E-state index in [9.17, 15) is 9.90 Å². The van der Waals surface area contributed by atoms with Crippen molar-refractivity contribution in [2.75, 3.05) is 39.3 Å². The van der Waals surface area contributed by atoms with E-state index in [1.807, 2.05) is 35.2 Å². The normalized spacial score (nSPS) is 18.9. The number of likely N-dealkylation sites (tertiary alicyclic amines) is 2. The van der Waals surface area contributed by atoms with E-state index >= 15 is 0 Å². The highest BCUT2D eigenvalue weighted by Crippen LogP contribution is 2.24. The number of ether oxygens (including phenoxy) is 1. The molecule has 1 N–H and O–H groups in total. The third-order valence-corrected chi connectivity index (χ3v) is 6.15. The van der Waals surface area contributed by atoms with Crippen LogP contribution in [-0.4, -0.2) is 66.2 Å². The smallest absolute Gasteiger partial charge is 0.253 e. The second kappa shape index (κ2) is 9.59. The number of hydrogen-bond acceptors (Lipinski definition) is 4. The Bertz CT molecular complexity index is 824. The van der Waals surface area contributed by atoms with Gasteiger partial charge >= 0.3 is 0 Å². The quantitative estimate of drug-likeness (QED) is 0.757. The first-order valence-electron chi connectivity index (χ1n) is 11.1. The molecule has 29 heavy (non-hydrogen) atoms. The van der Waals surface area contributed by atoms with Crippen molar-refractivity contribution in [1.29, 1.82) is 0 Å². The van der Waals surface area contributed by atoms with Crippen molar-refractivity contribution in [3.05, 3.63) is 42.0 Å². The van der Waals surface area contributed by atoms with E-state index in [1.165, 1.54) is 32.4 Å². The predicted molar refractivity (Wildman–Crippen MR) is 115 cm³/mol. The van der Waals surface area contributed by atoms with Gasteiger partial charge in [0.1, 0.15) is 5.75 Å². The van der Waals surface area contributed by atoms with Gasteiger partial charge in [0.15, 0.2) is 0 Å². The summed E-state index contributed by atoms with van der Waals surface area (Å²) in [5.74, 6) is 0.942. The Morgan fingerprint density at radius 1 is 0.966 bits per heavy atom. The molecule has 0 radical (unpaired) electrons. The third-order valence-electron chi connectivity index (χ3n) is 6.15. The molecule has 0 atom stereocenters. The molecule has 2 fully saturated rings. The standard InChI is InChI=1S/C24H32N2O3/c27-22-9-14-26(15-10-22)24(28)21-6-5-20-18-23(8-7-19(20)17-21)29-16-4-13-25-11-2-1-3-12-25/h5-8,17-18,22,27H,1-4,9-16H2. The lowest BCUT2D eigenvalue weighted by Gasteiger charge is -2.29. The van der Waals surface area contributed by atoms with Crippen LogP contribution in [-0.2, 0) is 0 Å². The van der Waals surface area contributed by atoms with Crippen LogP contribution < -0.4 is 4.74 Å². The molecule has 2 aromatic carbocycles. The molecule has 0 unspecified atom stereocenters. The topological polar surface area (TPSA) is 53.0 Å². The van der Waals surface area contributed by atoms with E-state index in [2.05, 4.69) is 11.0 Å². The Morgan fingerprint density at radius 2 is 1.69 bits per heavy atom. The second-order valence-electron chi connectivity index (χ2n) is 8.35. The van der Waals surface area contributed by atoms with E-state index < -0.39 is 0 Å². The molecule has 0 bridgehead atoms. The van der Waals surface area contributed by atoms with Gasteiger partial charge in [-0.2, -0.15) is 0 Å². The van der Waals surface area contributed by atoms with Crippen LogP contribution in [0.3, 0.4) is 0 Å². The number of benzene rings is 2. The van der Waals surface area contributed by atoms with Gasteiger partial charge in [-0.1, -0.05) is 18.6 Å². The van der Waals surface area contributed by atoms with Crippen molar-refractivity contribution >= 4 is 16.7 Å². The highest BCUT2D eigenvalue weighted by atomic mass is 16.5. The molecule has 5 heteroatoms. The minimum Gasteiger partial charge on any atom is -0.494 e. The summed E-state index contributed by atoms with van der Waals surface area (Å²) < 4.78 is 5.96. The van der Waals surface area contributed by atoms with Crippen LogP contribution in [0.2, 0.25) is 0 Å². The molecule has 0 aliphatic carbocycles. The fourth-order valence-corrected chi connectivity index (χ4v) is 4.36. The first kappa shape index (κ1) is 20.2. The molecule has 2 heterocycles. The minimum atomic E-state index is -0.270. The minimum absolute atomic E-state index is 0.0526. The van der Waals surface area contributed by atoms with Gasteiger partial charge in [0.05, 0.1) is 12.7 Å². The van der Waals surface area contributed by atoms with Crippen molar-refractivity contribution in [3.8, 4) is 5.75 Å². The highest BCUT2D eigenvalue weighted by molar-refractivity contribution is 5.98. The summed E-state index contributed by atoms with van der Waals surface area (Å²) in [5.41, 5.74) is 0.712. The number of rotatable bonds is 6. The summed E-state index contributed by atoms with van der Waals surface area (Å²) in [6.45, 7) is 5.57. The number of amides is 1. The Hall–Kier alpha value is -2.11. The molecule has 2 aliphatic heterocycles. The summed E-state index contributed by atoms with van der Waals surface area (Å²) in [7, 11) is 0. The Balaban J connectivity index is 1.32. The first-order chi connectivity index (χ1) is 14.2. The van der Waals surface area contributed by atoms with Gasteiger partial charge < -0.3 is 19.6 Å². The lowest BCUT2D eigenvalue weighted by molar-refractivity contribution is 0.0546. The zero-order valence-corrected chi connectivity index (χ0v) is 17.2. The van der Waals surface area contributed by atoms with Crippen molar-refractivity contribution in [3.63, 3.8) is 0 Å². The van der Waals surface area contributed by atoms with Gasteiger partial charge in [-0.05, 0) is 80.2 Å². The molecule has 5 nitrogen and oxygen atoms in total. The number of hydrogen-bond donors (Lipinski definition) is 1. The lowest BCUT2D eigenvalue weighted by atomic mass is 10.0. The van der Waals surface area contributed by atoms with Crippen molar-refractivity contribution in [2.45, 2.75) is 44.6 Å². The maximum atomic E-state index is 12.7. The van der Waals surface area contributed by atoms with Crippen LogP contribution in [0, 0.1) is 0 Å². The fourth-order valence-electron chi connectivity index (χ4n) is 4.36. The second-order valence-corrected chi connectivity index (χ2v) is 8.35. The van der Waals surface area contributed by atoms with E-state index in [0.717, 1.165) is 36.1 Å². The number of aliphatic hydroxyl groups excluding tert-OH is 1. The summed E-state index contributed by atoms with van der Waals surface area (Å²) in [4.78, 5) is 17.1. The average Bonchev–Trinajstić information content (AvgIpc) is 2.77. The van der Waals surface area contributed by atoms with Crippen LogP contribution in [0.4, 0.5) is 0 Å². The van der Waals surface area contributed by atoms with E-state index in [1.54, 1.807) is 0 Å². The Labute approximate surface area is 173 Å². The van der Waals surface area contributed by atoms with Crippen LogP contribution in [0.15, 0.2) is 36.4 Å². The monoisotopic (exact) mass is 396 g/mol. The Morgan fingerprint density at radius 3 is 2.48 bits per heavy atom. The zero-order chi connectivity index (χ0) is 20.1. The summed E-state index contributed by atoms with van der Waals surface area (Å²) in [6, 6.07) is 11.9. The van der Waals surface area contributed by atoms with E-state index in [0.29, 0.717) is 31.5 Å². The maximum absolute atomic E-state index is 12.7. The summed E-state index contributed by atoms with van der Waals surface area (Å²) in [5, 5.41) is 11.8. The van der Waals surface area contributed by atoms with Gasteiger partial charge in [-0.15, -0.1) is 0 Å². The number of nitrogens with zero attached hydrogens (tertiary/aromatic N) is 2. The molecule has 4 rings (SSSR count). The predicted octanol–water partition coefficient (Wildman–Crippen LogP) is 3.69. The van der Waals surface area contributed by atoms with Gasteiger partial charge in [0, 0.05) is 25.2 Å². The molecule has 2 saturated heterocycles. The van der Waals surface area contributed by atoms with Crippen LogP contribution >= 0.6 is 0 Å². The lowest BCUT2D eigenvalue weighted by Crippen LogP contribution is -2.40. The van der Waals surface area contributed by atoms with Gasteiger partial charge in [-0.3, -0.25) is 4.79 Å². The highest BCUT2D eigenvalue weighted by Gasteiger charge is 2.22. The molecule has 1 amide bonds. The summed E-state index contributed by atoms with van der Waals surface area (Å²) in [6.07, 6.45) is 6.14. The van der Waals surface area contributed by atoms with Crippen LogP contribution in [0.1, 0.15) is 48.9 Å². The average molecular weight is 397 g/mol. The number of fused-ring (bicyclic) bond motifs is 1. The first-order valence-corrected chi connectivity index (χ1v) is 11.1. The van der Waals surface area contributed by atoms with Crippen molar-refractivity contribution < 1.29 is 14.6 Å². The molecule has 0 saturated carbocycles. The maximum Gasteiger partial charge on any atom is 0.253 e. The summed E-state index contributed by atoms with van der Waals surface area (Å²) >= 11 is 0. The number of carbonyl (C=O) groups excluding carboxylic acids is 1. The molecule has 0 aromatic heterocycles. The van der Waals surface area contributed by atoms with Crippen molar-refractivity contribution in [2.24, 2.45) is 0 Å². The van der Waals surface area contributed by atoms with Crippen LogP contribution in [0.5, 0.6) is 5.75 Å². The molecular weight excluding hydrogens is 364 g/mol. The van der Waals surface area contributed by atoms with E-state index in [4.69, 9.17) is 4.74 Å². The number of carbonyl (C=O) groups is 1. The third kappa shape index (κ3) is 5.28. The van der Waals surface area contributed by atoms with Gasteiger partial charge in [-0.25, -0.2) is 0 Å². The van der Waals surface area contributed by atoms with Gasteiger partial charge in [0.25, 0.3) is 5.91 Å². The SMILES string of the molecule is O=C(c1ccc2cc(OCCCN3CCCCC3)ccc2c1)N1CCC(O)CC1. The molecule has 0 spiro atoms.